The van der Waals surface area contributed by atoms with Gasteiger partial charge < -0.3 is 9.67 Å². The molecule has 0 bridgehead atoms. The van der Waals surface area contributed by atoms with Crippen LogP contribution in [0.5, 0.6) is 0 Å². The van der Waals surface area contributed by atoms with Gasteiger partial charge in [-0.25, -0.2) is 9.69 Å². The third-order valence-electron chi connectivity index (χ3n) is 4.92. The summed E-state index contributed by atoms with van der Waals surface area (Å²) in [6, 6.07) is 17.4. The number of carbonyl (C=O) groups excluding carboxylic acids is 2. The summed E-state index contributed by atoms with van der Waals surface area (Å²) in [6.45, 7) is 3.81. The molecule has 6 nitrogen and oxygen atoms in total. The molecular formula is C23H18N2O4S. The molecule has 2 amide bonds. The standard InChI is InChI=1S/C23H18N2O4S/c1-14-11-17(15(2)24(14)19-10-6-7-16(12-19)22(27)28)13-20-21(26)25(23(29)30-20)18-8-4-3-5-9-18/h3-13H,1-2H3,(H,27,28)/b20-13+. The predicted octanol–water partition coefficient (Wildman–Crippen LogP) is 5.03. The van der Waals surface area contributed by atoms with Gasteiger partial charge in [-0.15, -0.1) is 0 Å². The maximum Gasteiger partial charge on any atom is 0.335 e. The Morgan fingerprint density at radius 1 is 0.967 bits per heavy atom. The molecule has 0 radical (unpaired) electrons. The molecule has 0 saturated carbocycles. The topological polar surface area (TPSA) is 79.6 Å². The van der Waals surface area contributed by atoms with E-state index in [0.717, 1.165) is 34.4 Å². The Hall–Kier alpha value is -3.58. The molecule has 0 atom stereocenters. The molecule has 1 fully saturated rings. The summed E-state index contributed by atoms with van der Waals surface area (Å²) in [5.41, 5.74) is 4.00. The van der Waals surface area contributed by atoms with Gasteiger partial charge in [-0.2, -0.15) is 0 Å². The minimum absolute atomic E-state index is 0.200. The number of carbonyl (C=O) groups is 3. The Labute approximate surface area is 177 Å². The van der Waals surface area contributed by atoms with Gasteiger partial charge >= 0.3 is 5.97 Å². The average Bonchev–Trinajstić information content (AvgIpc) is 3.17. The van der Waals surface area contributed by atoms with Crippen LogP contribution in [0.4, 0.5) is 10.5 Å². The first-order valence-electron chi connectivity index (χ1n) is 9.22. The second-order valence-electron chi connectivity index (χ2n) is 6.87. The van der Waals surface area contributed by atoms with Crippen molar-refractivity contribution >= 4 is 40.6 Å². The van der Waals surface area contributed by atoms with E-state index in [0.29, 0.717) is 10.6 Å². The van der Waals surface area contributed by atoms with Crippen LogP contribution in [0.3, 0.4) is 0 Å². The highest BCUT2D eigenvalue weighted by Gasteiger charge is 2.36. The van der Waals surface area contributed by atoms with Crippen molar-refractivity contribution in [3.63, 3.8) is 0 Å². The molecule has 1 aromatic heterocycles. The predicted molar refractivity (Wildman–Crippen MR) is 117 cm³/mol. The van der Waals surface area contributed by atoms with Crippen LogP contribution in [-0.4, -0.2) is 26.8 Å². The van der Waals surface area contributed by atoms with Gasteiger partial charge in [-0.3, -0.25) is 9.59 Å². The van der Waals surface area contributed by atoms with E-state index in [4.69, 9.17) is 0 Å². The summed E-state index contributed by atoms with van der Waals surface area (Å²) in [7, 11) is 0. The first-order chi connectivity index (χ1) is 14.4. The Morgan fingerprint density at radius 3 is 2.37 bits per heavy atom. The summed E-state index contributed by atoms with van der Waals surface area (Å²) < 4.78 is 1.93. The lowest BCUT2D eigenvalue weighted by atomic mass is 10.2. The number of rotatable bonds is 4. The van der Waals surface area contributed by atoms with E-state index in [1.165, 1.54) is 4.90 Å². The fraction of sp³-hybridized carbons (Fsp3) is 0.0870. The maximum atomic E-state index is 12.9. The molecule has 30 heavy (non-hydrogen) atoms. The van der Waals surface area contributed by atoms with Crippen LogP contribution in [0.25, 0.3) is 11.8 Å². The number of imide groups is 1. The highest BCUT2D eigenvalue weighted by Crippen LogP contribution is 2.36. The average molecular weight is 418 g/mol. The van der Waals surface area contributed by atoms with E-state index in [2.05, 4.69) is 0 Å². The number of aryl methyl sites for hydroxylation is 1. The Bertz CT molecular complexity index is 1210. The summed E-state index contributed by atoms with van der Waals surface area (Å²) in [6.07, 6.45) is 1.72. The highest BCUT2D eigenvalue weighted by molar-refractivity contribution is 8.19. The Balaban J connectivity index is 1.71. The summed E-state index contributed by atoms with van der Waals surface area (Å²) >= 11 is 0.909. The summed E-state index contributed by atoms with van der Waals surface area (Å²) in [5.74, 6) is -1.34. The van der Waals surface area contributed by atoms with Gasteiger partial charge in [0.05, 0.1) is 16.2 Å². The number of carboxylic acids is 1. The molecule has 0 spiro atoms. The zero-order valence-corrected chi connectivity index (χ0v) is 17.1. The summed E-state index contributed by atoms with van der Waals surface area (Å²) in [4.78, 5) is 38.1. The molecular weight excluding hydrogens is 400 g/mol. The van der Waals surface area contributed by atoms with Gasteiger partial charge in [0.2, 0.25) is 0 Å². The number of benzene rings is 2. The molecule has 3 aromatic rings. The van der Waals surface area contributed by atoms with Gasteiger partial charge in [0.25, 0.3) is 11.1 Å². The second kappa shape index (κ2) is 7.68. The normalized spacial score (nSPS) is 15.3. The van der Waals surface area contributed by atoms with Crippen molar-refractivity contribution in [3.05, 3.63) is 88.1 Å². The number of hydrogen-bond acceptors (Lipinski definition) is 4. The maximum absolute atomic E-state index is 12.9. The van der Waals surface area contributed by atoms with Crippen LogP contribution in [0.2, 0.25) is 0 Å². The lowest BCUT2D eigenvalue weighted by Crippen LogP contribution is -2.27. The number of aromatic carboxylic acids is 1. The molecule has 1 N–H and O–H groups in total. The number of nitrogens with zero attached hydrogens (tertiary/aromatic N) is 2. The van der Waals surface area contributed by atoms with Crippen LogP contribution >= 0.6 is 11.8 Å². The van der Waals surface area contributed by atoms with Crippen molar-refractivity contribution in [2.24, 2.45) is 0 Å². The quantitative estimate of drug-likeness (QED) is 0.601. The number of thioether (sulfide) groups is 1. The van der Waals surface area contributed by atoms with Crippen molar-refractivity contribution in [1.29, 1.82) is 0 Å². The zero-order chi connectivity index (χ0) is 21.4. The first kappa shape index (κ1) is 19.7. The zero-order valence-electron chi connectivity index (χ0n) is 16.3. The molecule has 2 heterocycles. The van der Waals surface area contributed by atoms with Gasteiger partial charge in [-0.1, -0.05) is 24.3 Å². The first-order valence-corrected chi connectivity index (χ1v) is 10.0. The van der Waals surface area contributed by atoms with Crippen molar-refractivity contribution < 1.29 is 19.5 Å². The number of para-hydroxylation sites is 1. The molecule has 0 aliphatic carbocycles. The van der Waals surface area contributed by atoms with Gasteiger partial charge in [0.15, 0.2) is 0 Å². The largest absolute Gasteiger partial charge is 0.478 e. The third kappa shape index (κ3) is 3.44. The second-order valence-corrected chi connectivity index (χ2v) is 7.86. The molecule has 1 aliphatic rings. The molecule has 4 rings (SSSR count). The van der Waals surface area contributed by atoms with Crippen molar-refractivity contribution in [1.82, 2.24) is 4.57 Å². The highest BCUT2D eigenvalue weighted by atomic mass is 32.2. The van der Waals surface area contributed by atoms with Crippen LogP contribution < -0.4 is 4.90 Å². The van der Waals surface area contributed by atoms with Crippen LogP contribution in [0.1, 0.15) is 27.3 Å². The third-order valence-corrected chi connectivity index (χ3v) is 5.79. The van der Waals surface area contributed by atoms with Gasteiger partial charge in [-0.05, 0) is 73.6 Å². The van der Waals surface area contributed by atoms with Crippen molar-refractivity contribution in [2.45, 2.75) is 13.8 Å². The van der Waals surface area contributed by atoms with Gasteiger partial charge in [0, 0.05) is 17.1 Å². The monoisotopic (exact) mass is 418 g/mol. The molecule has 1 aliphatic heterocycles. The number of anilines is 1. The van der Waals surface area contributed by atoms with Crippen LogP contribution in [0, 0.1) is 13.8 Å². The SMILES string of the molecule is Cc1cc(/C=C2/SC(=O)N(c3ccccc3)C2=O)c(C)n1-c1cccc(C(=O)O)c1. The smallest absolute Gasteiger partial charge is 0.335 e. The van der Waals surface area contributed by atoms with E-state index < -0.39 is 5.97 Å². The lowest BCUT2D eigenvalue weighted by molar-refractivity contribution is -0.113. The molecule has 150 valence electrons. The molecule has 0 unspecified atom stereocenters. The minimum atomic E-state index is -0.992. The fourth-order valence-corrected chi connectivity index (χ4v) is 4.35. The lowest BCUT2D eigenvalue weighted by Gasteiger charge is -2.11. The Kier molecular flexibility index (Phi) is 5.05. The molecule has 2 aromatic carbocycles. The van der Waals surface area contributed by atoms with Gasteiger partial charge in [0.1, 0.15) is 0 Å². The number of carboxylic acid groups (broad SMARTS) is 1. The van der Waals surface area contributed by atoms with Crippen LogP contribution in [0.15, 0.2) is 65.6 Å². The van der Waals surface area contributed by atoms with Crippen molar-refractivity contribution in [2.75, 3.05) is 4.90 Å². The van der Waals surface area contributed by atoms with E-state index in [1.54, 1.807) is 48.5 Å². The fourth-order valence-electron chi connectivity index (χ4n) is 3.52. The number of aromatic nitrogens is 1. The number of amides is 2. The minimum Gasteiger partial charge on any atom is -0.478 e. The van der Waals surface area contributed by atoms with Crippen molar-refractivity contribution in [3.8, 4) is 5.69 Å². The van der Waals surface area contributed by atoms with Crippen LogP contribution in [-0.2, 0) is 4.79 Å². The van der Waals surface area contributed by atoms with E-state index >= 15 is 0 Å². The Morgan fingerprint density at radius 2 is 1.67 bits per heavy atom. The molecule has 1 saturated heterocycles. The van der Waals surface area contributed by atoms with E-state index in [9.17, 15) is 19.5 Å². The summed E-state index contributed by atoms with van der Waals surface area (Å²) in [5, 5.41) is 8.93. The van der Waals surface area contributed by atoms with E-state index in [1.807, 2.05) is 36.6 Å². The number of hydrogen-bond donors (Lipinski definition) is 1. The van der Waals surface area contributed by atoms with E-state index in [-0.39, 0.29) is 16.7 Å². The molecule has 7 heteroatoms.